The lowest BCUT2D eigenvalue weighted by Crippen LogP contribution is -2.58. The molecule has 0 saturated carbocycles. The number of carboxylic acids is 1. The molecule has 0 aromatic rings. The average Bonchev–Trinajstić information content (AvgIpc) is 1.96. The summed E-state index contributed by atoms with van der Waals surface area (Å²) in [6.45, 7) is 5.63. The summed E-state index contributed by atoms with van der Waals surface area (Å²) in [6, 6.07) is -0.474. The lowest BCUT2D eigenvalue weighted by Gasteiger charge is -2.36. The second kappa shape index (κ2) is 3.41. The highest BCUT2D eigenvalue weighted by molar-refractivity contribution is 5.74. The molecule has 1 rings (SSSR count). The second-order valence-corrected chi connectivity index (χ2v) is 3.32. The van der Waals surface area contributed by atoms with Gasteiger partial charge in [0, 0.05) is 6.04 Å². The van der Waals surface area contributed by atoms with Gasteiger partial charge < -0.3 is 9.84 Å². The summed E-state index contributed by atoms with van der Waals surface area (Å²) >= 11 is 0. The molecule has 0 spiro atoms. The molecule has 12 heavy (non-hydrogen) atoms. The Hall–Kier alpha value is -0.610. The summed E-state index contributed by atoms with van der Waals surface area (Å²) in [5.41, 5.74) is 0. The standard InChI is InChI=1S/C8H15NO3/c1-4-5(2)12-6(3)7(9-4)8(10)11/h4-7,9H,1-3H3,(H,10,11). The molecular weight excluding hydrogens is 158 g/mol. The number of nitrogens with one attached hydrogen (secondary N) is 1. The quantitative estimate of drug-likeness (QED) is 0.595. The number of rotatable bonds is 1. The van der Waals surface area contributed by atoms with E-state index in [4.69, 9.17) is 9.84 Å². The molecule has 1 heterocycles. The van der Waals surface area contributed by atoms with Gasteiger partial charge in [0.15, 0.2) is 0 Å². The number of aliphatic carboxylic acids is 1. The van der Waals surface area contributed by atoms with E-state index in [-0.39, 0.29) is 18.2 Å². The highest BCUT2D eigenvalue weighted by Gasteiger charge is 2.34. The second-order valence-electron chi connectivity index (χ2n) is 3.32. The van der Waals surface area contributed by atoms with Crippen molar-refractivity contribution in [2.24, 2.45) is 0 Å². The largest absolute Gasteiger partial charge is 0.480 e. The first-order chi connectivity index (χ1) is 5.52. The number of carbonyl (C=O) groups is 1. The van der Waals surface area contributed by atoms with Crippen molar-refractivity contribution in [1.29, 1.82) is 0 Å². The Morgan fingerprint density at radius 1 is 1.33 bits per heavy atom. The maximum Gasteiger partial charge on any atom is 0.323 e. The molecule has 4 unspecified atom stereocenters. The first-order valence-electron chi connectivity index (χ1n) is 4.16. The van der Waals surface area contributed by atoms with Crippen LogP contribution in [0.5, 0.6) is 0 Å². The van der Waals surface area contributed by atoms with Crippen molar-refractivity contribution >= 4 is 5.97 Å². The van der Waals surface area contributed by atoms with Crippen molar-refractivity contribution in [3.05, 3.63) is 0 Å². The molecule has 2 N–H and O–H groups in total. The van der Waals surface area contributed by atoms with E-state index in [1.807, 2.05) is 13.8 Å². The van der Waals surface area contributed by atoms with Gasteiger partial charge in [0.2, 0.25) is 0 Å². The first kappa shape index (κ1) is 9.48. The molecule has 4 atom stereocenters. The van der Waals surface area contributed by atoms with Gasteiger partial charge in [0.05, 0.1) is 12.2 Å². The minimum absolute atomic E-state index is 0.0793. The molecule has 1 saturated heterocycles. The Morgan fingerprint density at radius 3 is 2.42 bits per heavy atom. The van der Waals surface area contributed by atoms with Gasteiger partial charge in [-0.3, -0.25) is 10.1 Å². The van der Waals surface area contributed by atoms with Crippen LogP contribution in [0.4, 0.5) is 0 Å². The van der Waals surface area contributed by atoms with Crippen LogP contribution in [0, 0.1) is 0 Å². The van der Waals surface area contributed by atoms with Crippen LogP contribution in [0.25, 0.3) is 0 Å². The van der Waals surface area contributed by atoms with E-state index in [2.05, 4.69) is 5.32 Å². The first-order valence-corrected chi connectivity index (χ1v) is 4.16. The third-order valence-electron chi connectivity index (χ3n) is 2.31. The van der Waals surface area contributed by atoms with Crippen LogP contribution in [-0.4, -0.2) is 35.4 Å². The van der Waals surface area contributed by atoms with Crippen molar-refractivity contribution in [2.75, 3.05) is 0 Å². The number of ether oxygens (including phenoxy) is 1. The molecule has 4 nitrogen and oxygen atoms in total. The highest BCUT2D eigenvalue weighted by atomic mass is 16.5. The fourth-order valence-corrected chi connectivity index (χ4v) is 1.36. The Bertz CT molecular complexity index is 183. The summed E-state index contributed by atoms with van der Waals surface area (Å²) in [6.07, 6.45) is -0.177. The van der Waals surface area contributed by atoms with Gasteiger partial charge in [-0.25, -0.2) is 0 Å². The van der Waals surface area contributed by atoms with Crippen LogP contribution >= 0.6 is 0 Å². The average molecular weight is 173 g/mol. The Labute approximate surface area is 71.9 Å². The normalized spacial score (nSPS) is 42.6. The minimum Gasteiger partial charge on any atom is -0.480 e. The summed E-state index contributed by atoms with van der Waals surface area (Å²) in [5.74, 6) is -0.846. The zero-order valence-electron chi connectivity index (χ0n) is 7.57. The monoisotopic (exact) mass is 173 g/mol. The molecule has 1 fully saturated rings. The van der Waals surface area contributed by atoms with E-state index >= 15 is 0 Å². The van der Waals surface area contributed by atoms with E-state index in [1.165, 1.54) is 0 Å². The predicted molar refractivity (Wildman–Crippen MR) is 44.0 cm³/mol. The highest BCUT2D eigenvalue weighted by Crippen LogP contribution is 2.13. The molecule has 1 aliphatic heterocycles. The summed E-state index contributed by atoms with van der Waals surface area (Å²) in [5, 5.41) is 11.8. The lowest BCUT2D eigenvalue weighted by molar-refractivity contribution is -0.150. The van der Waals surface area contributed by atoms with Crippen molar-refractivity contribution in [3.8, 4) is 0 Å². The third kappa shape index (κ3) is 1.76. The molecule has 0 bridgehead atoms. The molecule has 1 aliphatic rings. The number of hydrogen-bond acceptors (Lipinski definition) is 3. The van der Waals surface area contributed by atoms with Crippen molar-refractivity contribution in [3.63, 3.8) is 0 Å². The zero-order chi connectivity index (χ0) is 9.30. The van der Waals surface area contributed by atoms with Gasteiger partial charge in [-0.05, 0) is 20.8 Å². The lowest BCUT2D eigenvalue weighted by atomic mass is 10.1. The van der Waals surface area contributed by atoms with Crippen molar-refractivity contribution < 1.29 is 14.6 Å². The summed E-state index contributed by atoms with van der Waals surface area (Å²) < 4.78 is 5.43. The van der Waals surface area contributed by atoms with Crippen LogP contribution < -0.4 is 5.32 Å². The Kier molecular flexibility index (Phi) is 2.69. The van der Waals surface area contributed by atoms with Gasteiger partial charge >= 0.3 is 5.97 Å². The Morgan fingerprint density at radius 2 is 1.92 bits per heavy atom. The van der Waals surface area contributed by atoms with Crippen LogP contribution in [0.1, 0.15) is 20.8 Å². The van der Waals surface area contributed by atoms with Crippen LogP contribution in [-0.2, 0) is 9.53 Å². The number of hydrogen-bond donors (Lipinski definition) is 2. The number of carboxylic acid groups (broad SMARTS) is 1. The SMILES string of the molecule is CC1NC(C(=O)O)C(C)OC1C. The van der Waals surface area contributed by atoms with E-state index in [9.17, 15) is 4.79 Å². The van der Waals surface area contributed by atoms with Crippen LogP contribution in [0.15, 0.2) is 0 Å². The van der Waals surface area contributed by atoms with Gasteiger partial charge in [0.1, 0.15) is 6.04 Å². The smallest absolute Gasteiger partial charge is 0.323 e. The van der Waals surface area contributed by atoms with Crippen molar-refractivity contribution in [1.82, 2.24) is 5.32 Å². The molecule has 0 aromatic heterocycles. The Balaban J connectivity index is 2.61. The third-order valence-corrected chi connectivity index (χ3v) is 2.31. The summed E-state index contributed by atoms with van der Waals surface area (Å²) in [7, 11) is 0. The topological polar surface area (TPSA) is 58.6 Å². The van der Waals surface area contributed by atoms with Gasteiger partial charge in [0.25, 0.3) is 0 Å². The van der Waals surface area contributed by atoms with Gasteiger partial charge in [-0.15, -0.1) is 0 Å². The van der Waals surface area contributed by atoms with E-state index in [0.717, 1.165) is 0 Å². The van der Waals surface area contributed by atoms with Crippen molar-refractivity contribution in [2.45, 2.75) is 45.1 Å². The molecule has 0 radical (unpaired) electrons. The zero-order valence-corrected chi connectivity index (χ0v) is 7.57. The molecule has 0 amide bonds. The van der Waals surface area contributed by atoms with E-state index in [0.29, 0.717) is 0 Å². The minimum atomic E-state index is -0.846. The molecule has 70 valence electrons. The van der Waals surface area contributed by atoms with Crippen LogP contribution in [0.3, 0.4) is 0 Å². The van der Waals surface area contributed by atoms with Gasteiger partial charge in [-0.1, -0.05) is 0 Å². The maximum atomic E-state index is 10.7. The maximum absolute atomic E-state index is 10.7. The van der Waals surface area contributed by atoms with Crippen LogP contribution in [0.2, 0.25) is 0 Å². The predicted octanol–water partition coefficient (Wildman–Crippen LogP) is 0.225. The fraction of sp³-hybridized carbons (Fsp3) is 0.875. The number of morpholine rings is 1. The van der Waals surface area contributed by atoms with E-state index in [1.54, 1.807) is 6.92 Å². The fourth-order valence-electron chi connectivity index (χ4n) is 1.36. The summed E-state index contributed by atoms with van der Waals surface area (Å²) in [4.78, 5) is 10.7. The molecule has 0 aromatic carbocycles. The molecule has 4 heteroatoms. The molecule has 0 aliphatic carbocycles. The van der Waals surface area contributed by atoms with E-state index < -0.39 is 12.0 Å². The molecular formula is C8H15NO3. The van der Waals surface area contributed by atoms with Gasteiger partial charge in [-0.2, -0.15) is 0 Å².